The Bertz CT molecular complexity index is 1220. The van der Waals surface area contributed by atoms with Crippen LogP contribution in [-0.2, 0) is 11.2 Å². The molecule has 0 bridgehead atoms. The summed E-state index contributed by atoms with van der Waals surface area (Å²) in [6.07, 6.45) is 3.70. The van der Waals surface area contributed by atoms with Crippen molar-refractivity contribution in [3.63, 3.8) is 0 Å². The number of hydrogen-bond acceptors (Lipinski definition) is 5. The van der Waals surface area contributed by atoms with E-state index >= 15 is 0 Å². The minimum absolute atomic E-state index is 0.0649. The van der Waals surface area contributed by atoms with Gasteiger partial charge in [-0.15, -0.1) is 0 Å². The molecular weight excluding hydrogens is 402 g/mol. The second kappa shape index (κ2) is 9.84. The monoisotopic (exact) mass is 421 g/mol. The Hall–Kier alpha value is -3.75. The van der Waals surface area contributed by atoms with E-state index < -0.39 is 0 Å². The predicted molar refractivity (Wildman–Crippen MR) is 123 cm³/mol. The lowest BCUT2D eigenvalue weighted by Crippen LogP contribution is -2.07. The average molecular weight is 422 g/mol. The highest BCUT2D eigenvalue weighted by Gasteiger charge is 2.17. The molecule has 0 radical (unpaired) electrons. The van der Waals surface area contributed by atoms with E-state index in [0.717, 1.165) is 27.9 Å². The number of benzene rings is 2. The van der Waals surface area contributed by atoms with Crippen LogP contribution in [0.2, 0.25) is 0 Å². The molecule has 31 heavy (non-hydrogen) atoms. The molecule has 150 valence electrons. The van der Waals surface area contributed by atoms with E-state index in [1.807, 2.05) is 78.9 Å². The molecule has 5 heteroatoms. The summed E-state index contributed by atoms with van der Waals surface area (Å²) in [5.74, 6) is 0.304. The first-order valence-electron chi connectivity index (χ1n) is 9.84. The quantitative estimate of drug-likeness (QED) is 0.364. The molecule has 2 heterocycles. The predicted octanol–water partition coefficient (Wildman–Crippen LogP) is 5.59. The van der Waals surface area contributed by atoms with Crippen LogP contribution in [0.1, 0.15) is 11.1 Å². The molecule has 0 fully saturated rings. The molecule has 4 aromatic rings. The number of Topliss-reactive ketones (excluding diaryl/α,β-unsaturated/α-hetero) is 1. The standard InChI is InChI=1S/C26H19N3OS/c27-16-24-23(20-9-3-1-4-10-20)15-25(21-11-5-2-6-12-21)29-26(24)31-18-22(30)14-19-8-7-13-28-17-19/h1-13,15,17H,14,18H2. The maximum absolute atomic E-state index is 12.5. The van der Waals surface area contributed by atoms with Crippen molar-refractivity contribution in [3.05, 3.63) is 102 Å². The topological polar surface area (TPSA) is 66.6 Å². The first-order chi connectivity index (χ1) is 15.2. The van der Waals surface area contributed by atoms with Gasteiger partial charge in [0.2, 0.25) is 0 Å². The number of aromatic nitrogens is 2. The molecule has 0 N–H and O–H groups in total. The van der Waals surface area contributed by atoms with Crippen LogP contribution in [0, 0.1) is 11.3 Å². The second-order valence-corrected chi connectivity index (χ2v) is 7.91. The summed E-state index contributed by atoms with van der Waals surface area (Å²) in [7, 11) is 0. The van der Waals surface area contributed by atoms with Crippen LogP contribution in [0.5, 0.6) is 0 Å². The van der Waals surface area contributed by atoms with Crippen molar-refractivity contribution in [2.45, 2.75) is 11.4 Å². The maximum Gasteiger partial charge on any atom is 0.147 e. The molecule has 0 atom stereocenters. The number of thioether (sulfide) groups is 1. The van der Waals surface area contributed by atoms with E-state index in [1.54, 1.807) is 12.4 Å². The first kappa shape index (κ1) is 20.5. The van der Waals surface area contributed by atoms with E-state index in [1.165, 1.54) is 11.8 Å². The summed E-state index contributed by atoms with van der Waals surface area (Å²) in [6, 6.07) is 27.6. The van der Waals surface area contributed by atoms with Crippen molar-refractivity contribution in [2.75, 3.05) is 5.75 Å². The Morgan fingerprint density at radius 3 is 2.29 bits per heavy atom. The third kappa shape index (κ3) is 5.06. The van der Waals surface area contributed by atoms with Crippen molar-refractivity contribution in [1.29, 1.82) is 5.26 Å². The lowest BCUT2D eigenvalue weighted by atomic mass is 9.99. The van der Waals surface area contributed by atoms with Crippen LogP contribution in [0.4, 0.5) is 0 Å². The van der Waals surface area contributed by atoms with Gasteiger partial charge >= 0.3 is 0 Å². The van der Waals surface area contributed by atoms with E-state index in [0.29, 0.717) is 17.0 Å². The van der Waals surface area contributed by atoms with Gasteiger partial charge in [-0.1, -0.05) is 78.5 Å². The number of nitriles is 1. The molecule has 2 aromatic heterocycles. The first-order valence-corrected chi connectivity index (χ1v) is 10.8. The molecule has 0 saturated carbocycles. The maximum atomic E-state index is 12.5. The largest absolute Gasteiger partial charge is 0.298 e. The molecule has 4 rings (SSSR count). The lowest BCUT2D eigenvalue weighted by Gasteiger charge is -2.12. The third-order valence-corrected chi connectivity index (χ3v) is 5.78. The molecule has 0 unspecified atom stereocenters. The zero-order chi connectivity index (χ0) is 21.5. The van der Waals surface area contributed by atoms with E-state index in [4.69, 9.17) is 4.98 Å². The molecule has 4 nitrogen and oxygen atoms in total. The number of hydrogen-bond donors (Lipinski definition) is 0. The van der Waals surface area contributed by atoms with Crippen LogP contribution in [0.15, 0.2) is 96.3 Å². The van der Waals surface area contributed by atoms with Crippen molar-refractivity contribution in [2.24, 2.45) is 0 Å². The zero-order valence-corrected chi connectivity index (χ0v) is 17.5. The van der Waals surface area contributed by atoms with Crippen LogP contribution in [0.3, 0.4) is 0 Å². The molecule has 2 aromatic carbocycles. The number of rotatable bonds is 7. The van der Waals surface area contributed by atoms with Crippen LogP contribution in [0.25, 0.3) is 22.4 Å². The fourth-order valence-corrected chi connectivity index (χ4v) is 4.13. The summed E-state index contributed by atoms with van der Waals surface area (Å²) in [6.45, 7) is 0. The van der Waals surface area contributed by atoms with Gasteiger partial charge in [-0.2, -0.15) is 5.26 Å². The van der Waals surface area contributed by atoms with Crippen molar-refractivity contribution >= 4 is 17.5 Å². The van der Waals surface area contributed by atoms with Gasteiger partial charge in [0.15, 0.2) is 0 Å². The summed E-state index contributed by atoms with van der Waals surface area (Å²) in [5.41, 5.74) is 4.88. The summed E-state index contributed by atoms with van der Waals surface area (Å²) in [5, 5.41) is 10.5. The van der Waals surface area contributed by atoms with Gasteiger partial charge in [-0.25, -0.2) is 4.98 Å². The fraction of sp³-hybridized carbons (Fsp3) is 0.0769. The van der Waals surface area contributed by atoms with Crippen LogP contribution < -0.4 is 0 Å². The fourth-order valence-electron chi connectivity index (χ4n) is 3.27. The number of carbonyl (C=O) groups excluding carboxylic acids is 1. The average Bonchev–Trinajstić information content (AvgIpc) is 2.84. The summed E-state index contributed by atoms with van der Waals surface area (Å²) in [4.78, 5) is 21.4. The van der Waals surface area contributed by atoms with Crippen LogP contribution >= 0.6 is 11.8 Å². The molecule has 0 amide bonds. The van der Waals surface area contributed by atoms with E-state index in [2.05, 4.69) is 11.1 Å². The van der Waals surface area contributed by atoms with E-state index in [9.17, 15) is 10.1 Å². The van der Waals surface area contributed by atoms with Gasteiger partial charge in [0, 0.05) is 29.9 Å². The van der Waals surface area contributed by atoms with Gasteiger partial charge in [0.25, 0.3) is 0 Å². The molecule has 0 saturated heterocycles. The second-order valence-electron chi connectivity index (χ2n) is 6.94. The zero-order valence-electron chi connectivity index (χ0n) is 16.7. The van der Waals surface area contributed by atoms with E-state index in [-0.39, 0.29) is 11.5 Å². The smallest absolute Gasteiger partial charge is 0.147 e. The van der Waals surface area contributed by atoms with Crippen molar-refractivity contribution in [3.8, 4) is 28.5 Å². The minimum atomic E-state index is 0.0649. The minimum Gasteiger partial charge on any atom is -0.298 e. The Morgan fingerprint density at radius 2 is 1.65 bits per heavy atom. The highest BCUT2D eigenvalue weighted by atomic mass is 32.2. The highest BCUT2D eigenvalue weighted by Crippen LogP contribution is 2.34. The van der Waals surface area contributed by atoms with Crippen LogP contribution in [-0.4, -0.2) is 21.5 Å². The highest BCUT2D eigenvalue weighted by molar-refractivity contribution is 8.00. The number of pyridine rings is 2. The number of ketones is 1. The number of carbonyl (C=O) groups is 1. The Balaban J connectivity index is 1.68. The lowest BCUT2D eigenvalue weighted by molar-refractivity contribution is -0.116. The summed E-state index contributed by atoms with van der Waals surface area (Å²) >= 11 is 1.31. The SMILES string of the molecule is N#Cc1c(-c2ccccc2)cc(-c2ccccc2)nc1SCC(=O)Cc1cccnc1. The molecule has 0 aliphatic rings. The number of nitrogens with zero attached hydrogens (tertiary/aromatic N) is 3. The Kier molecular flexibility index (Phi) is 6.51. The Morgan fingerprint density at radius 1 is 0.935 bits per heavy atom. The molecule has 0 spiro atoms. The van der Waals surface area contributed by atoms with Gasteiger partial charge in [-0.05, 0) is 23.3 Å². The third-order valence-electron chi connectivity index (χ3n) is 4.75. The van der Waals surface area contributed by atoms with Gasteiger partial charge in [0.05, 0.1) is 17.0 Å². The van der Waals surface area contributed by atoms with Crippen molar-refractivity contribution < 1.29 is 4.79 Å². The molecule has 0 aliphatic carbocycles. The summed E-state index contributed by atoms with van der Waals surface area (Å²) < 4.78 is 0. The van der Waals surface area contributed by atoms with Gasteiger partial charge < -0.3 is 0 Å². The van der Waals surface area contributed by atoms with Gasteiger partial charge in [-0.3, -0.25) is 9.78 Å². The molecular formula is C26H19N3OS. The van der Waals surface area contributed by atoms with Crippen molar-refractivity contribution in [1.82, 2.24) is 9.97 Å². The van der Waals surface area contributed by atoms with Gasteiger partial charge in [0.1, 0.15) is 16.9 Å². The normalized spacial score (nSPS) is 10.4. The molecule has 0 aliphatic heterocycles. The Labute approximate surface area is 185 Å².